The molecule has 2 heterocycles. The molecule has 0 aliphatic carbocycles. The van der Waals surface area contributed by atoms with Crippen molar-refractivity contribution >= 4 is 5.97 Å². The van der Waals surface area contributed by atoms with Crippen molar-refractivity contribution in [3.63, 3.8) is 0 Å². The zero-order valence-corrected chi connectivity index (χ0v) is 10.8. The zero-order chi connectivity index (χ0) is 12.8. The Balaban J connectivity index is 1.62. The summed E-state index contributed by atoms with van der Waals surface area (Å²) in [5, 5.41) is 8.56. The van der Waals surface area contributed by atoms with Gasteiger partial charge in [0.25, 0.3) is 0 Å². The summed E-state index contributed by atoms with van der Waals surface area (Å²) in [5.41, 5.74) is 0. The monoisotopic (exact) mass is 257 g/mol. The summed E-state index contributed by atoms with van der Waals surface area (Å²) in [6, 6.07) is 0. The number of likely N-dealkylation sites (tertiary alicyclic amines) is 1. The lowest BCUT2D eigenvalue weighted by atomic mass is 10.0. The predicted octanol–water partition coefficient (Wildman–Crippen LogP) is 1.12. The Morgan fingerprint density at radius 2 is 2.06 bits per heavy atom. The summed E-state index contributed by atoms with van der Waals surface area (Å²) < 4.78 is 11.1. The molecule has 2 aliphatic heterocycles. The Labute approximate surface area is 108 Å². The van der Waals surface area contributed by atoms with Crippen molar-refractivity contribution in [3.05, 3.63) is 0 Å². The van der Waals surface area contributed by atoms with Gasteiger partial charge < -0.3 is 19.5 Å². The van der Waals surface area contributed by atoms with Crippen molar-refractivity contribution in [2.75, 3.05) is 32.8 Å². The summed E-state index contributed by atoms with van der Waals surface area (Å²) in [5.74, 6) is -0.881. The lowest BCUT2D eigenvalue weighted by Gasteiger charge is -2.35. The van der Waals surface area contributed by atoms with Crippen LogP contribution in [0.1, 0.15) is 32.1 Å². The number of ether oxygens (including phenoxy) is 2. The highest BCUT2D eigenvalue weighted by molar-refractivity contribution is 5.68. The van der Waals surface area contributed by atoms with Crippen LogP contribution in [0, 0.1) is 0 Å². The molecule has 2 saturated heterocycles. The van der Waals surface area contributed by atoms with Gasteiger partial charge in [0, 0.05) is 26.2 Å². The van der Waals surface area contributed by atoms with E-state index in [0.717, 1.165) is 39.1 Å². The molecule has 2 rings (SSSR count). The molecule has 0 aromatic rings. The second-order valence-corrected chi connectivity index (χ2v) is 5.19. The van der Waals surface area contributed by atoms with Crippen molar-refractivity contribution in [1.82, 2.24) is 4.90 Å². The number of rotatable bonds is 5. The van der Waals surface area contributed by atoms with Crippen LogP contribution < -0.4 is 0 Å². The SMILES string of the molecule is O=C(O)COC1CCN(CC2CCCCO2)CC1. The van der Waals surface area contributed by atoms with Crippen LogP contribution in [0.2, 0.25) is 0 Å². The maximum Gasteiger partial charge on any atom is 0.329 e. The molecular formula is C13H23NO4. The van der Waals surface area contributed by atoms with Crippen LogP contribution in [0.4, 0.5) is 0 Å². The molecule has 2 aliphatic rings. The minimum atomic E-state index is -0.881. The van der Waals surface area contributed by atoms with Gasteiger partial charge in [-0.1, -0.05) is 0 Å². The Hall–Kier alpha value is -0.650. The normalized spacial score (nSPS) is 27.2. The fraction of sp³-hybridized carbons (Fsp3) is 0.923. The number of carbonyl (C=O) groups is 1. The quantitative estimate of drug-likeness (QED) is 0.800. The van der Waals surface area contributed by atoms with Crippen LogP contribution in [0.15, 0.2) is 0 Å². The number of hydrogen-bond donors (Lipinski definition) is 1. The third-order valence-corrected chi connectivity index (χ3v) is 3.71. The highest BCUT2D eigenvalue weighted by Gasteiger charge is 2.23. The largest absolute Gasteiger partial charge is 0.480 e. The molecule has 1 atom stereocenters. The highest BCUT2D eigenvalue weighted by atomic mass is 16.5. The van der Waals surface area contributed by atoms with E-state index in [-0.39, 0.29) is 12.7 Å². The first-order valence-electron chi connectivity index (χ1n) is 6.91. The zero-order valence-electron chi connectivity index (χ0n) is 10.8. The lowest BCUT2D eigenvalue weighted by molar-refractivity contribution is -0.145. The first-order valence-corrected chi connectivity index (χ1v) is 6.91. The molecule has 1 N–H and O–H groups in total. The van der Waals surface area contributed by atoms with E-state index >= 15 is 0 Å². The molecular weight excluding hydrogens is 234 g/mol. The van der Waals surface area contributed by atoms with Gasteiger partial charge in [0.1, 0.15) is 6.61 Å². The summed E-state index contributed by atoms with van der Waals surface area (Å²) in [7, 11) is 0. The third-order valence-electron chi connectivity index (χ3n) is 3.71. The molecule has 0 bridgehead atoms. The van der Waals surface area contributed by atoms with Crippen LogP contribution in [0.25, 0.3) is 0 Å². The van der Waals surface area contributed by atoms with Gasteiger partial charge in [-0.2, -0.15) is 0 Å². The summed E-state index contributed by atoms with van der Waals surface area (Å²) in [6.07, 6.45) is 6.03. The van der Waals surface area contributed by atoms with Crippen molar-refractivity contribution < 1.29 is 19.4 Å². The van der Waals surface area contributed by atoms with E-state index in [9.17, 15) is 4.79 Å². The number of hydrogen-bond acceptors (Lipinski definition) is 4. The molecule has 104 valence electrons. The van der Waals surface area contributed by atoms with Gasteiger partial charge in [0.2, 0.25) is 0 Å². The number of piperidine rings is 1. The van der Waals surface area contributed by atoms with Gasteiger partial charge in [-0.25, -0.2) is 4.79 Å². The van der Waals surface area contributed by atoms with Crippen LogP contribution in [0.5, 0.6) is 0 Å². The molecule has 5 heteroatoms. The average Bonchev–Trinajstić information content (AvgIpc) is 2.39. The highest BCUT2D eigenvalue weighted by Crippen LogP contribution is 2.18. The fourth-order valence-electron chi connectivity index (χ4n) is 2.69. The van der Waals surface area contributed by atoms with Gasteiger partial charge >= 0.3 is 5.97 Å². The second-order valence-electron chi connectivity index (χ2n) is 5.19. The van der Waals surface area contributed by atoms with Crippen molar-refractivity contribution in [2.45, 2.75) is 44.3 Å². The van der Waals surface area contributed by atoms with Crippen LogP contribution in [-0.2, 0) is 14.3 Å². The Kier molecular flexibility index (Phi) is 5.41. The Morgan fingerprint density at radius 1 is 1.28 bits per heavy atom. The summed E-state index contributed by atoms with van der Waals surface area (Å²) >= 11 is 0. The molecule has 5 nitrogen and oxygen atoms in total. The lowest BCUT2D eigenvalue weighted by Crippen LogP contribution is -2.42. The second kappa shape index (κ2) is 7.07. The molecule has 2 fully saturated rings. The maximum atomic E-state index is 10.4. The molecule has 0 aromatic heterocycles. The van der Waals surface area contributed by atoms with E-state index in [2.05, 4.69) is 4.90 Å². The molecule has 0 spiro atoms. The fourth-order valence-corrected chi connectivity index (χ4v) is 2.69. The summed E-state index contributed by atoms with van der Waals surface area (Å²) in [4.78, 5) is 12.8. The van der Waals surface area contributed by atoms with Gasteiger partial charge in [-0.15, -0.1) is 0 Å². The predicted molar refractivity (Wildman–Crippen MR) is 66.6 cm³/mol. The molecule has 1 unspecified atom stereocenters. The minimum Gasteiger partial charge on any atom is -0.480 e. The molecule has 0 aromatic carbocycles. The number of carboxylic acids is 1. The van der Waals surface area contributed by atoms with Crippen molar-refractivity contribution in [2.24, 2.45) is 0 Å². The van der Waals surface area contributed by atoms with E-state index in [1.165, 1.54) is 19.3 Å². The molecule has 18 heavy (non-hydrogen) atoms. The van der Waals surface area contributed by atoms with Crippen molar-refractivity contribution in [1.29, 1.82) is 0 Å². The third kappa shape index (κ3) is 4.55. The van der Waals surface area contributed by atoms with E-state index in [1.54, 1.807) is 0 Å². The molecule has 0 radical (unpaired) electrons. The summed E-state index contributed by atoms with van der Waals surface area (Å²) in [6.45, 7) is 3.74. The van der Waals surface area contributed by atoms with E-state index in [0.29, 0.717) is 6.10 Å². The number of nitrogens with zero attached hydrogens (tertiary/aromatic N) is 1. The van der Waals surface area contributed by atoms with Crippen LogP contribution in [-0.4, -0.2) is 61.0 Å². The van der Waals surface area contributed by atoms with Gasteiger partial charge in [0.05, 0.1) is 12.2 Å². The number of carboxylic acid groups (broad SMARTS) is 1. The first-order chi connectivity index (χ1) is 8.74. The topological polar surface area (TPSA) is 59.0 Å². The Bertz CT molecular complexity index is 258. The molecule has 0 amide bonds. The van der Waals surface area contributed by atoms with E-state index < -0.39 is 5.97 Å². The van der Waals surface area contributed by atoms with E-state index in [4.69, 9.17) is 14.6 Å². The molecule has 0 saturated carbocycles. The van der Waals surface area contributed by atoms with Crippen LogP contribution in [0.3, 0.4) is 0 Å². The van der Waals surface area contributed by atoms with Gasteiger partial charge in [0.15, 0.2) is 0 Å². The number of aliphatic carboxylic acids is 1. The first kappa shape index (κ1) is 13.8. The smallest absolute Gasteiger partial charge is 0.329 e. The maximum absolute atomic E-state index is 10.4. The standard InChI is InChI=1S/C13H23NO4/c15-13(16)10-18-11-4-6-14(7-5-11)9-12-3-1-2-8-17-12/h11-12H,1-10H2,(H,15,16). The van der Waals surface area contributed by atoms with Gasteiger partial charge in [-0.05, 0) is 32.1 Å². The Morgan fingerprint density at radius 3 is 2.67 bits per heavy atom. The average molecular weight is 257 g/mol. The van der Waals surface area contributed by atoms with E-state index in [1.807, 2.05) is 0 Å². The van der Waals surface area contributed by atoms with Crippen LogP contribution >= 0.6 is 0 Å². The minimum absolute atomic E-state index is 0.115. The van der Waals surface area contributed by atoms with Gasteiger partial charge in [-0.3, -0.25) is 0 Å². The van der Waals surface area contributed by atoms with Crippen molar-refractivity contribution in [3.8, 4) is 0 Å².